The van der Waals surface area contributed by atoms with Crippen LogP contribution < -0.4 is 5.73 Å². The van der Waals surface area contributed by atoms with Crippen LogP contribution in [0.2, 0.25) is 0 Å². The van der Waals surface area contributed by atoms with Crippen molar-refractivity contribution in [3.8, 4) is 0 Å². The Hall–Kier alpha value is -0.830. The van der Waals surface area contributed by atoms with Crippen LogP contribution in [0.4, 0.5) is 0 Å². The lowest BCUT2D eigenvalue weighted by Crippen LogP contribution is -2.25. The van der Waals surface area contributed by atoms with Gasteiger partial charge in [-0.3, -0.25) is 4.68 Å². The van der Waals surface area contributed by atoms with Crippen LogP contribution in [0, 0.1) is 11.8 Å². The second-order valence-corrected chi connectivity index (χ2v) is 5.19. The van der Waals surface area contributed by atoms with Crippen molar-refractivity contribution >= 4 is 0 Å². The molecule has 0 aromatic carbocycles. The molecule has 1 saturated carbocycles. The van der Waals surface area contributed by atoms with Crippen molar-refractivity contribution in [3.63, 3.8) is 0 Å². The van der Waals surface area contributed by atoms with Gasteiger partial charge in [-0.15, -0.1) is 0 Å². The highest BCUT2D eigenvalue weighted by Crippen LogP contribution is 2.35. The molecule has 3 atom stereocenters. The summed E-state index contributed by atoms with van der Waals surface area (Å²) in [6.07, 6.45) is 9.30. The van der Waals surface area contributed by atoms with Gasteiger partial charge in [-0.2, -0.15) is 5.10 Å². The zero-order valence-corrected chi connectivity index (χ0v) is 10.4. The van der Waals surface area contributed by atoms with Crippen LogP contribution in [0.3, 0.4) is 0 Å². The van der Waals surface area contributed by atoms with Crippen LogP contribution in [0.5, 0.6) is 0 Å². The minimum atomic E-state index is 0.183. The summed E-state index contributed by atoms with van der Waals surface area (Å²) in [6, 6.07) is 0.183. The molecule has 0 amide bonds. The zero-order chi connectivity index (χ0) is 11.5. The van der Waals surface area contributed by atoms with Gasteiger partial charge in [0.1, 0.15) is 0 Å². The first kappa shape index (κ1) is 11.6. The van der Waals surface area contributed by atoms with E-state index in [-0.39, 0.29) is 6.04 Å². The molecule has 3 heteroatoms. The number of aromatic nitrogens is 2. The van der Waals surface area contributed by atoms with Gasteiger partial charge in [0, 0.05) is 24.3 Å². The molecular weight excluding hydrogens is 198 g/mol. The van der Waals surface area contributed by atoms with Crippen molar-refractivity contribution in [1.82, 2.24) is 9.78 Å². The van der Waals surface area contributed by atoms with Crippen molar-refractivity contribution in [3.05, 3.63) is 18.0 Å². The quantitative estimate of drug-likeness (QED) is 0.853. The maximum atomic E-state index is 6.35. The summed E-state index contributed by atoms with van der Waals surface area (Å²) < 4.78 is 1.96. The minimum Gasteiger partial charge on any atom is -0.324 e. The number of aryl methyl sites for hydroxylation is 1. The molecule has 3 unspecified atom stereocenters. The van der Waals surface area contributed by atoms with Crippen molar-refractivity contribution < 1.29 is 0 Å². The molecule has 1 aromatic rings. The topological polar surface area (TPSA) is 43.8 Å². The number of rotatable bonds is 3. The molecule has 2 N–H and O–H groups in total. The Balaban J connectivity index is 2.02. The lowest BCUT2D eigenvalue weighted by molar-refractivity contribution is 0.248. The highest BCUT2D eigenvalue weighted by Gasteiger charge is 2.25. The fraction of sp³-hybridized carbons (Fsp3) is 0.769. The van der Waals surface area contributed by atoms with Crippen LogP contribution in [-0.2, 0) is 6.54 Å². The average Bonchev–Trinajstić information content (AvgIpc) is 2.76. The maximum Gasteiger partial charge on any atom is 0.0537 e. The Labute approximate surface area is 98.0 Å². The second kappa shape index (κ2) is 5.00. The molecule has 1 aromatic heterocycles. The van der Waals surface area contributed by atoms with Gasteiger partial charge < -0.3 is 5.73 Å². The van der Waals surface area contributed by atoms with E-state index in [0.29, 0.717) is 5.92 Å². The van der Waals surface area contributed by atoms with Crippen molar-refractivity contribution in [2.75, 3.05) is 0 Å². The van der Waals surface area contributed by atoms with E-state index >= 15 is 0 Å². The fourth-order valence-corrected chi connectivity index (χ4v) is 2.80. The van der Waals surface area contributed by atoms with Crippen LogP contribution in [0.1, 0.15) is 51.1 Å². The van der Waals surface area contributed by atoms with Gasteiger partial charge in [0.25, 0.3) is 0 Å². The molecule has 90 valence electrons. The van der Waals surface area contributed by atoms with E-state index in [1.807, 2.05) is 10.9 Å². The van der Waals surface area contributed by atoms with E-state index in [4.69, 9.17) is 5.73 Å². The second-order valence-electron chi connectivity index (χ2n) is 5.19. The summed E-state index contributed by atoms with van der Waals surface area (Å²) in [5.74, 6) is 1.49. The number of nitrogens with two attached hydrogens (primary N) is 1. The first-order valence-electron chi connectivity index (χ1n) is 6.48. The van der Waals surface area contributed by atoms with Crippen molar-refractivity contribution in [1.29, 1.82) is 0 Å². The Bertz CT molecular complexity index is 332. The largest absolute Gasteiger partial charge is 0.324 e. The zero-order valence-electron chi connectivity index (χ0n) is 10.4. The van der Waals surface area contributed by atoms with Gasteiger partial charge >= 0.3 is 0 Å². The van der Waals surface area contributed by atoms with Gasteiger partial charge in [-0.25, -0.2) is 0 Å². The van der Waals surface area contributed by atoms with E-state index in [1.165, 1.54) is 31.2 Å². The Morgan fingerprint density at radius 3 is 3.00 bits per heavy atom. The summed E-state index contributed by atoms with van der Waals surface area (Å²) in [5.41, 5.74) is 7.56. The Morgan fingerprint density at radius 2 is 2.38 bits per heavy atom. The number of hydrogen-bond donors (Lipinski definition) is 1. The van der Waals surface area contributed by atoms with Crippen LogP contribution in [-0.4, -0.2) is 9.78 Å². The summed E-state index contributed by atoms with van der Waals surface area (Å²) in [7, 11) is 0. The van der Waals surface area contributed by atoms with E-state index in [2.05, 4.69) is 25.1 Å². The van der Waals surface area contributed by atoms with E-state index in [1.54, 1.807) is 0 Å². The first-order chi connectivity index (χ1) is 7.70. The summed E-state index contributed by atoms with van der Waals surface area (Å²) in [5, 5.41) is 4.31. The predicted octanol–water partition coefficient (Wildman–Crippen LogP) is 2.73. The lowest BCUT2D eigenvalue weighted by Gasteiger charge is -2.30. The van der Waals surface area contributed by atoms with Gasteiger partial charge in [0.15, 0.2) is 0 Å². The lowest BCUT2D eigenvalue weighted by atomic mass is 9.77. The van der Waals surface area contributed by atoms with Gasteiger partial charge in [-0.1, -0.05) is 19.8 Å². The molecule has 0 saturated heterocycles. The third-order valence-electron chi connectivity index (χ3n) is 3.85. The Kier molecular flexibility index (Phi) is 3.64. The fourth-order valence-electron chi connectivity index (χ4n) is 2.80. The molecule has 16 heavy (non-hydrogen) atoms. The summed E-state index contributed by atoms with van der Waals surface area (Å²) >= 11 is 0. The number of hydrogen-bond acceptors (Lipinski definition) is 2. The minimum absolute atomic E-state index is 0.183. The first-order valence-corrected chi connectivity index (χ1v) is 6.48. The monoisotopic (exact) mass is 221 g/mol. The molecule has 0 bridgehead atoms. The van der Waals surface area contributed by atoms with E-state index in [9.17, 15) is 0 Å². The van der Waals surface area contributed by atoms with Crippen molar-refractivity contribution in [2.45, 2.75) is 52.1 Å². The molecule has 3 nitrogen and oxygen atoms in total. The standard InChI is InChI=1S/C13H23N3/c1-3-16-9-12(8-15-16)13(14)11-6-4-5-10(2)7-11/h8-11,13H,3-7,14H2,1-2H3. The highest BCUT2D eigenvalue weighted by atomic mass is 15.3. The molecule has 1 aliphatic rings. The smallest absolute Gasteiger partial charge is 0.0537 e. The third-order valence-corrected chi connectivity index (χ3v) is 3.85. The van der Waals surface area contributed by atoms with E-state index in [0.717, 1.165) is 12.5 Å². The SMILES string of the molecule is CCn1cc(C(N)C2CCCC(C)C2)cn1. The molecule has 0 aliphatic heterocycles. The molecular formula is C13H23N3. The summed E-state index contributed by atoms with van der Waals surface area (Å²) in [6.45, 7) is 5.37. The van der Waals surface area contributed by atoms with Crippen LogP contribution in [0.25, 0.3) is 0 Å². The molecule has 1 fully saturated rings. The highest BCUT2D eigenvalue weighted by molar-refractivity contribution is 5.11. The van der Waals surface area contributed by atoms with Gasteiger partial charge in [0.05, 0.1) is 6.20 Å². The van der Waals surface area contributed by atoms with Crippen LogP contribution >= 0.6 is 0 Å². The predicted molar refractivity (Wildman–Crippen MR) is 66.0 cm³/mol. The number of nitrogens with zero attached hydrogens (tertiary/aromatic N) is 2. The third kappa shape index (κ3) is 2.46. The molecule has 0 spiro atoms. The van der Waals surface area contributed by atoms with Gasteiger partial charge in [0.2, 0.25) is 0 Å². The molecule has 1 heterocycles. The summed E-state index contributed by atoms with van der Waals surface area (Å²) in [4.78, 5) is 0. The Morgan fingerprint density at radius 1 is 1.56 bits per heavy atom. The maximum absolute atomic E-state index is 6.35. The average molecular weight is 221 g/mol. The van der Waals surface area contributed by atoms with E-state index < -0.39 is 0 Å². The van der Waals surface area contributed by atoms with Crippen LogP contribution in [0.15, 0.2) is 12.4 Å². The van der Waals surface area contributed by atoms with Gasteiger partial charge in [-0.05, 0) is 31.6 Å². The normalized spacial score (nSPS) is 27.9. The van der Waals surface area contributed by atoms with Crippen molar-refractivity contribution in [2.24, 2.45) is 17.6 Å². The molecule has 2 rings (SSSR count). The molecule has 1 aliphatic carbocycles. The molecule has 0 radical (unpaired) electrons.